The van der Waals surface area contributed by atoms with Crippen LogP contribution in [-0.2, 0) is 17.4 Å². The van der Waals surface area contributed by atoms with Crippen molar-refractivity contribution in [3.05, 3.63) is 101 Å². The van der Waals surface area contributed by atoms with Gasteiger partial charge in [-0.05, 0) is 61.3 Å². The van der Waals surface area contributed by atoms with Crippen molar-refractivity contribution in [1.82, 2.24) is 0 Å². The molecule has 8 heteroatoms. The number of rotatable bonds is 8. The summed E-state index contributed by atoms with van der Waals surface area (Å²) in [4.78, 5) is 26.2. The Morgan fingerprint density at radius 3 is 2.13 bits per heavy atom. The molecule has 5 nitrogen and oxygen atoms in total. The Balaban J connectivity index is 1.52. The Kier molecular flexibility index (Phi) is 8.51. The predicted molar refractivity (Wildman–Crippen MR) is 141 cm³/mol. The molecule has 1 saturated carbocycles. The number of nitrogens with one attached hydrogen (secondary N) is 1. The van der Waals surface area contributed by atoms with Crippen LogP contribution in [0.4, 0.5) is 18.9 Å². The quantitative estimate of drug-likeness (QED) is 0.320. The van der Waals surface area contributed by atoms with Crippen LogP contribution in [-0.4, -0.2) is 22.4 Å². The molecule has 0 heterocycles. The van der Waals surface area contributed by atoms with Gasteiger partial charge >= 0.3 is 6.18 Å². The number of hydrogen-bond acceptors (Lipinski definition) is 4. The molecule has 1 amide bonds. The van der Waals surface area contributed by atoms with Crippen molar-refractivity contribution in [2.45, 2.75) is 50.3 Å². The van der Waals surface area contributed by atoms with Gasteiger partial charge in [0.25, 0.3) is 5.91 Å². The third-order valence-electron chi connectivity index (χ3n) is 7.50. The summed E-state index contributed by atoms with van der Waals surface area (Å²) in [6.45, 7) is 0. The molecule has 1 atom stereocenters. The van der Waals surface area contributed by atoms with E-state index in [2.05, 4.69) is 5.32 Å². The lowest BCUT2D eigenvalue weighted by atomic mass is 9.70. The lowest BCUT2D eigenvalue weighted by Crippen LogP contribution is -2.52. The second-order valence-corrected chi connectivity index (χ2v) is 10.1. The normalized spacial score (nSPS) is 18.9. The first-order valence-corrected chi connectivity index (χ1v) is 12.9. The maximum absolute atomic E-state index is 13.5. The molecule has 3 aromatic carbocycles. The molecule has 4 rings (SSSR count). The number of anilines is 1. The van der Waals surface area contributed by atoms with Gasteiger partial charge in [-0.2, -0.15) is 18.4 Å². The fourth-order valence-corrected chi connectivity index (χ4v) is 5.36. The van der Waals surface area contributed by atoms with E-state index in [0.717, 1.165) is 6.07 Å². The summed E-state index contributed by atoms with van der Waals surface area (Å²) in [7, 11) is 0. The molecule has 202 valence electrons. The molecule has 0 bridgehead atoms. The van der Waals surface area contributed by atoms with E-state index >= 15 is 0 Å². The van der Waals surface area contributed by atoms with Crippen molar-refractivity contribution >= 4 is 17.4 Å². The number of carbonyl (C=O) groups is 2. The summed E-state index contributed by atoms with van der Waals surface area (Å²) in [6, 6.07) is 22.5. The number of nitriles is 1. The van der Waals surface area contributed by atoms with Crippen molar-refractivity contribution < 1.29 is 27.9 Å². The van der Waals surface area contributed by atoms with Gasteiger partial charge in [0.1, 0.15) is 5.60 Å². The highest BCUT2D eigenvalue weighted by Gasteiger charge is 2.45. The summed E-state index contributed by atoms with van der Waals surface area (Å²) < 4.78 is 40.4. The van der Waals surface area contributed by atoms with Crippen LogP contribution in [0.3, 0.4) is 0 Å². The monoisotopic (exact) mass is 534 g/mol. The minimum absolute atomic E-state index is 0.0135. The number of ketones is 1. The van der Waals surface area contributed by atoms with Crippen LogP contribution in [0.5, 0.6) is 0 Å². The topological polar surface area (TPSA) is 90.2 Å². The molecule has 1 aliphatic rings. The van der Waals surface area contributed by atoms with Crippen molar-refractivity contribution in [2.75, 3.05) is 5.32 Å². The summed E-state index contributed by atoms with van der Waals surface area (Å²) in [5, 5.41) is 23.4. The van der Waals surface area contributed by atoms with Crippen LogP contribution in [0.25, 0.3) is 0 Å². The van der Waals surface area contributed by atoms with Crippen LogP contribution >= 0.6 is 0 Å². The second kappa shape index (κ2) is 11.8. The molecule has 0 radical (unpaired) electrons. The molecule has 1 aliphatic carbocycles. The Morgan fingerprint density at radius 1 is 0.923 bits per heavy atom. The maximum atomic E-state index is 13.5. The Labute approximate surface area is 225 Å². The molecule has 0 aliphatic heterocycles. The van der Waals surface area contributed by atoms with Crippen LogP contribution in [0.2, 0.25) is 0 Å². The molecule has 0 aromatic heterocycles. The average Bonchev–Trinajstić information content (AvgIpc) is 2.94. The van der Waals surface area contributed by atoms with Crippen LogP contribution in [0.1, 0.15) is 59.2 Å². The minimum atomic E-state index is -4.78. The van der Waals surface area contributed by atoms with Crippen molar-refractivity contribution in [2.24, 2.45) is 11.8 Å². The summed E-state index contributed by atoms with van der Waals surface area (Å²) in [5.41, 5.74) is -2.38. The Bertz CT molecular complexity index is 1340. The fourth-order valence-electron chi connectivity index (χ4n) is 5.36. The first-order chi connectivity index (χ1) is 18.6. The van der Waals surface area contributed by atoms with E-state index < -0.39 is 34.7 Å². The summed E-state index contributed by atoms with van der Waals surface area (Å²) in [5.74, 6) is -1.09. The largest absolute Gasteiger partial charge is 0.417 e. The molecular weight excluding hydrogens is 505 g/mol. The number of Topliss-reactive ketones (excluding diaryl/α,β-unsaturated/α-hetero) is 1. The molecule has 0 saturated heterocycles. The van der Waals surface area contributed by atoms with Crippen LogP contribution in [0, 0.1) is 23.2 Å². The minimum Gasteiger partial charge on any atom is -0.379 e. The Hall–Kier alpha value is -3.96. The molecule has 2 N–H and O–H groups in total. The van der Waals surface area contributed by atoms with Crippen LogP contribution in [0.15, 0.2) is 78.9 Å². The highest BCUT2D eigenvalue weighted by atomic mass is 19.4. The van der Waals surface area contributed by atoms with Gasteiger partial charge in [0.15, 0.2) is 5.78 Å². The zero-order chi connectivity index (χ0) is 28.0. The summed E-state index contributed by atoms with van der Waals surface area (Å²) in [6.07, 6.45) is -2.14. The number of benzene rings is 3. The van der Waals surface area contributed by atoms with Gasteiger partial charge in [-0.1, -0.05) is 60.7 Å². The lowest BCUT2D eigenvalue weighted by Gasteiger charge is -2.39. The molecule has 1 fully saturated rings. The van der Waals surface area contributed by atoms with Crippen molar-refractivity contribution in [1.29, 1.82) is 5.26 Å². The first-order valence-electron chi connectivity index (χ1n) is 12.9. The van der Waals surface area contributed by atoms with Gasteiger partial charge < -0.3 is 10.4 Å². The number of aliphatic hydroxyl groups is 1. The SMILES string of the molecule is N#Cc1ccc(NC(=O)C(O)(Cc2ccccc2)C2CCC(CC(=O)c3ccccc3)CC2)cc1C(F)(F)F. The highest BCUT2D eigenvalue weighted by molar-refractivity contribution is 5.98. The van der Waals surface area contributed by atoms with E-state index in [0.29, 0.717) is 49.3 Å². The number of amides is 1. The molecule has 3 aromatic rings. The zero-order valence-electron chi connectivity index (χ0n) is 21.2. The van der Waals surface area contributed by atoms with Crippen LogP contribution < -0.4 is 5.32 Å². The number of nitrogens with zero attached hydrogens (tertiary/aromatic N) is 1. The zero-order valence-corrected chi connectivity index (χ0v) is 21.2. The van der Waals surface area contributed by atoms with Gasteiger partial charge in [0, 0.05) is 24.1 Å². The smallest absolute Gasteiger partial charge is 0.379 e. The molecule has 1 unspecified atom stereocenters. The van der Waals surface area contributed by atoms with Gasteiger partial charge in [-0.3, -0.25) is 9.59 Å². The van der Waals surface area contributed by atoms with Gasteiger partial charge in [0.05, 0.1) is 17.2 Å². The lowest BCUT2D eigenvalue weighted by molar-refractivity contribution is -0.142. The molecule has 0 spiro atoms. The number of alkyl halides is 3. The molecule has 39 heavy (non-hydrogen) atoms. The number of carbonyl (C=O) groups excluding carboxylic acids is 2. The summed E-state index contributed by atoms with van der Waals surface area (Å²) >= 11 is 0. The van der Waals surface area contributed by atoms with Crippen molar-refractivity contribution in [3.8, 4) is 6.07 Å². The molecular formula is C31H29F3N2O3. The van der Waals surface area contributed by atoms with Gasteiger partial charge in [-0.25, -0.2) is 0 Å². The fraction of sp³-hybridized carbons (Fsp3) is 0.323. The Morgan fingerprint density at radius 2 is 1.54 bits per heavy atom. The third-order valence-corrected chi connectivity index (χ3v) is 7.50. The van der Waals surface area contributed by atoms with E-state index in [1.165, 1.54) is 12.1 Å². The van der Waals surface area contributed by atoms with Gasteiger partial charge in [0.2, 0.25) is 0 Å². The van der Waals surface area contributed by atoms with E-state index in [9.17, 15) is 27.9 Å². The van der Waals surface area contributed by atoms with Crippen molar-refractivity contribution in [3.63, 3.8) is 0 Å². The van der Waals surface area contributed by atoms with Gasteiger partial charge in [-0.15, -0.1) is 0 Å². The predicted octanol–water partition coefficient (Wildman–Crippen LogP) is 6.57. The van der Waals surface area contributed by atoms with E-state index in [-0.39, 0.29) is 23.8 Å². The number of hydrogen-bond donors (Lipinski definition) is 2. The first kappa shape index (κ1) is 28.1. The van der Waals surface area contributed by atoms with E-state index in [1.807, 2.05) is 24.3 Å². The average molecular weight is 535 g/mol. The standard InChI is InChI=1S/C31H29F3N2O3/c32-31(33,34)27-18-26(16-13-24(27)20-35)36-29(38)30(39,19-22-7-3-1-4-8-22)25-14-11-21(12-15-25)17-28(37)23-9-5-2-6-10-23/h1-10,13,16,18,21,25,39H,11-12,14-15,17,19H2,(H,36,38). The highest BCUT2D eigenvalue weighted by Crippen LogP contribution is 2.40. The third kappa shape index (κ3) is 6.73. The maximum Gasteiger partial charge on any atom is 0.417 e. The second-order valence-electron chi connectivity index (χ2n) is 10.1. The van der Waals surface area contributed by atoms with E-state index in [1.54, 1.807) is 36.4 Å². The number of halogens is 3. The van der Waals surface area contributed by atoms with E-state index in [4.69, 9.17) is 5.26 Å².